The topological polar surface area (TPSA) is 68.0 Å². The first-order valence-electron chi connectivity index (χ1n) is 8.21. The number of amides is 1. The van der Waals surface area contributed by atoms with E-state index in [1.807, 2.05) is 17.5 Å². The van der Waals surface area contributed by atoms with Gasteiger partial charge in [-0.2, -0.15) is 0 Å². The highest BCUT2D eigenvalue weighted by atomic mass is 32.1. The number of nitrogens with one attached hydrogen (secondary N) is 1. The number of carbonyl (C=O) groups is 1. The number of nitrogens with two attached hydrogens (primary N) is 1. The molecule has 3 N–H and O–H groups in total. The Morgan fingerprint density at radius 3 is 2.83 bits per heavy atom. The molecule has 1 aromatic carbocycles. The van der Waals surface area contributed by atoms with E-state index in [-0.39, 0.29) is 17.9 Å². The molecule has 2 bridgehead atoms. The zero-order chi connectivity index (χ0) is 16.0. The van der Waals surface area contributed by atoms with Crippen LogP contribution in [-0.2, 0) is 4.79 Å². The van der Waals surface area contributed by atoms with E-state index in [2.05, 4.69) is 29.4 Å². The van der Waals surface area contributed by atoms with E-state index in [0.29, 0.717) is 17.0 Å². The lowest BCUT2D eigenvalue weighted by molar-refractivity contribution is -0.121. The molecule has 4 unspecified atom stereocenters. The van der Waals surface area contributed by atoms with E-state index in [4.69, 9.17) is 5.73 Å². The fraction of sp³-hybridized carbons (Fsp3) is 0.444. The summed E-state index contributed by atoms with van der Waals surface area (Å²) in [5.41, 5.74) is 9.47. The smallest absolute Gasteiger partial charge is 0.231 e. The molecule has 4 nitrogen and oxygen atoms in total. The summed E-state index contributed by atoms with van der Waals surface area (Å²) < 4.78 is 0. The lowest BCUT2D eigenvalue weighted by Crippen LogP contribution is -2.42. The van der Waals surface area contributed by atoms with Gasteiger partial charge in [0.15, 0.2) is 5.13 Å². The number of hydrogen-bond acceptors (Lipinski definition) is 4. The van der Waals surface area contributed by atoms with Crippen molar-refractivity contribution >= 4 is 22.4 Å². The monoisotopic (exact) mass is 327 g/mol. The summed E-state index contributed by atoms with van der Waals surface area (Å²) >= 11 is 1.48. The number of rotatable bonds is 3. The molecule has 23 heavy (non-hydrogen) atoms. The minimum absolute atomic E-state index is 0.0181. The maximum atomic E-state index is 12.6. The van der Waals surface area contributed by atoms with Crippen molar-refractivity contribution in [3.8, 4) is 11.3 Å². The molecule has 1 amide bonds. The zero-order valence-corrected chi connectivity index (χ0v) is 14.0. The van der Waals surface area contributed by atoms with Crippen LogP contribution in [0.2, 0.25) is 0 Å². The number of thiazole rings is 1. The highest BCUT2D eigenvalue weighted by molar-refractivity contribution is 7.14. The van der Waals surface area contributed by atoms with Gasteiger partial charge in [0.2, 0.25) is 5.91 Å². The van der Waals surface area contributed by atoms with Crippen LogP contribution in [0.1, 0.15) is 24.8 Å². The molecule has 2 saturated carbocycles. The summed E-state index contributed by atoms with van der Waals surface area (Å²) in [6.07, 6.45) is 3.44. The summed E-state index contributed by atoms with van der Waals surface area (Å²) in [7, 11) is 0. The second kappa shape index (κ2) is 5.73. The molecular formula is C18H21N3OS. The Morgan fingerprint density at radius 2 is 2.09 bits per heavy atom. The maximum Gasteiger partial charge on any atom is 0.231 e. The Labute approximate surface area is 140 Å². The quantitative estimate of drug-likeness (QED) is 0.907. The fourth-order valence-electron chi connectivity index (χ4n) is 4.23. The van der Waals surface area contributed by atoms with Crippen molar-refractivity contribution in [2.75, 3.05) is 5.32 Å². The second-order valence-corrected chi connectivity index (χ2v) is 7.64. The number of aryl methyl sites for hydroxylation is 1. The third-order valence-electron chi connectivity index (χ3n) is 5.44. The molecule has 0 spiro atoms. The highest BCUT2D eigenvalue weighted by Gasteiger charge is 2.49. The molecule has 2 aromatic rings. The number of benzene rings is 1. The van der Waals surface area contributed by atoms with Crippen LogP contribution in [0.5, 0.6) is 0 Å². The van der Waals surface area contributed by atoms with Crippen molar-refractivity contribution in [3.05, 3.63) is 35.2 Å². The van der Waals surface area contributed by atoms with Gasteiger partial charge in [-0.15, -0.1) is 11.3 Å². The summed E-state index contributed by atoms with van der Waals surface area (Å²) in [5.74, 6) is 1.01. The Kier molecular flexibility index (Phi) is 3.70. The molecule has 5 heteroatoms. The number of fused-ring (bicyclic) bond motifs is 2. The first kappa shape index (κ1) is 14.8. The molecule has 1 aromatic heterocycles. The largest absolute Gasteiger partial charge is 0.327 e. The average molecular weight is 327 g/mol. The number of carbonyl (C=O) groups excluding carboxylic acids is 1. The molecular weight excluding hydrogens is 306 g/mol. The highest BCUT2D eigenvalue weighted by Crippen LogP contribution is 2.48. The van der Waals surface area contributed by atoms with Gasteiger partial charge in [0.1, 0.15) is 0 Å². The van der Waals surface area contributed by atoms with Gasteiger partial charge in [-0.3, -0.25) is 4.79 Å². The summed E-state index contributed by atoms with van der Waals surface area (Å²) in [6.45, 7) is 2.07. The van der Waals surface area contributed by atoms with E-state index in [1.54, 1.807) is 0 Å². The molecule has 4 rings (SSSR count). The van der Waals surface area contributed by atoms with Crippen LogP contribution in [0.3, 0.4) is 0 Å². The van der Waals surface area contributed by atoms with Gasteiger partial charge in [-0.05, 0) is 43.6 Å². The van der Waals surface area contributed by atoms with Crippen molar-refractivity contribution in [3.63, 3.8) is 0 Å². The van der Waals surface area contributed by atoms with Crippen molar-refractivity contribution in [2.45, 2.75) is 32.2 Å². The first-order valence-corrected chi connectivity index (χ1v) is 9.09. The number of hydrogen-bond donors (Lipinski definition) is 2. The van der Waals surface area contributed by atoms with Crippen LogP contribution >= 0.6 is 11.3 Å². The normalized spacial score (nSPS) is 29.0. The summed E-state index contributed by atoms with van der Waals surface area (Å²) in [5, 5.41) is 5.67. The van der Waals surface area contributed by atoms with E-state index < -0.39 is 0 Å². The third-order valence-corrected chi connectivity index (χ3v) is 6.20. The van der Waals surface area contributed by atoms with Crippen LogP contribution in [0.4, 0.5) is 5.13 Å². The van der Waals surface area contributed by atoms with Gasteiger partial charge in [0.25, 0.3) is 0 Å². The molecule has 0 radical (unpaired) electrons. The first-order chi connectivity index (χ1) is 11.1. The van der Waals surface area contributed by atoms with Crippen molar-refractivity contribution in [2.24, 2.45) is 23.5 Å². The Balaban J connectivity index is 1.50. The predicted octanol–water partition coefficient (Wildman–Crippen LogP) is 3.43. The van der Waals surface area contributed by atoms with Crippen molar-refractivity contribution in [1.82, 2.24) is 4.98 Å². The van der Waals surface area contributed by atoms with Gasteiger partial charge in [0, 0.05) is 17.0 Å². The van der Waals surface area contributed by atoms with Crippen molar-refractivity contribution in [1.29, 1.82) is 0 Å². The third kappa shape index (κ3) is 2.58. The second-order valence-electron chi connectivity index (χ2n) is 6.78. The molecule has 2 fully saturated rings. The molecule has 1 heterocycles. The predicted molar refractivity (Wildman–Crippen MR) is 93.2 cm³/mol. The summed E-state index contributed by atoms with van der Waals surface area (Å²) in [4.78, 5) is 17.2. The molecule has 120 valence electrons. The number of nitrogens with zero attached hydrogens (tertiary/aromatic N) is 1. The van der Waals surface area contributed by atoms with Crippen LogP contribution in [0, 0.1) is 24.7 Å². The van der Waals surface area contributed by atoms with E-state index in [1.165, 1.54) is 23.3 Å². The SMILES string of the molecule is Cc1ccccc1-c1csc(NC(=O)C2C3CCC(C3)C2N)n1. The molecule has 2 aliphatic rings. The van der Waals surface area contributed by atoms with Crippen molar-refractivity contribution < 1.29 is 4.79 Å². The van der Waals surface area contributed by atoms with E-state index in [0.717, 1.165) is 24.1 Å². The Bertz CT molecular complexity index is 739. The molecule has 0 saturated heterocycles. The minimum atomic E-state index is -0.0421. The van der Waals surface area contributed by atoms with Gasteiger partial charge in [-0.25, -0.2) is 4.98 Å². The lowest BCUT2D eigenvalue weighted by atomic mass is 9.84. The van der Waals surface area contributed by atoms with E-state index in [9.17, 15) is 4.79 Å². The molecule has 4 atom stereocenters. The van der Waals surface area contributed by atoms with Crippen LogP contribution in [-0.4, -0.2) is 16.9 Å². The zero-order valence-electron chi connectivity index (χ0n) is 13.2. The minimum Gasteiger partial charge on any atom is -0.327 e. The van der Waals surface area contributed by atoms with Gasteiger partial charge in [0.05, 0.1) is 11.6 Å². The Morgan fingerprint density at radius 1 is 1.30 bits per heavy atom. The number of anilines is 1. The van der Waals surface area contributed by atoms with Crippen LogP contribution in [0.25, 0.3) is 11.3 Å². The van der Waals surface area contributed by atoms with Crippen LogP contribution in [0.15, 0.2) is 29.6 Å². The molecule has 0 aliphatic heterocycles. The summed E-state index contributed by atoms with van der Waals surface area (Å²) in [6, 6.07) is 8.17. The van der Waals surface area contributed by atoms with Gasteiger partial charge >= 0.3 is 0 Å². The maximum absolute atomic E-state index is 12.6. The average Bonchev–Trinajstić information content (AvgIpc) is 3.23. The van der Waals surface area contributed by atoms with Gasteiger partial charge < -0.3 is 11.1 Å². The standard InChI is InChI=1S/C18H21N3OS/c1-10-4-2-3-5-13(10)14-9-23-18(20-14)21-17(22)15-11-6-7-12(8-11)16(15)19/h2-5,9,11-12,15-16H,6-8,19H2,1H3,(H,20,21,22). The Hall–Kier alpha value is -1.72. The van der Waals surface area contributed by atoms with Gasteiger partial charge in [-0.1, -0.05) is 24.3 Å². The van der Waals surface area contributed by atoms with Crippen LogP contribution < -0.4 is 11.1 Å². The van der Waals surface area contributed by atoms with E-state index >= 15 is 0 Å². The molecule has 2 aliphatic carbocycles. The fourth-order valence-corrected chi connectivity index (χ4v) is 4.94. The lowest BCUT2D eigenvalue weighted by Gasteiger charge is -2.26. The number of aromatic nitrogens is 1.